The minimum absolute atomic E-state index is 0.0170. The first-order valence-electron chi connectivity index (χ1n) is 12.9. The molecule has 8 nitrogen and oxygen atoms in total. The minimum Gasteiger partial charge on any atom is -0.481 e. The van der Waals surface area contributed by atoms with Crippen molar-refractivity contribution in [3.63, 3.8) is 0 Å². The van der Waals surface area contributed by atoms with Crippen LogP contribution in [0.15, 0.2) is 41.5 Å². The zero-order valence-electron chi connectivity index (χ0n) is 22.9. The summed E-state index contributed by atoms with van der Waals surface area (Å²) in [6, 6.07) is 7.00. The van der Waals surface area contributed by atoms with E-state index in [1.807, 2.05) is 0 Å². The second kappa shape index (κ2) is 12.3. The molecule has 42 heavy (non-hydrogen) atoms. The van der Waals surface area contributed by atoms with Gasteiger partial charge in [-0.2, -0.15) is 0 Å². The molecule has 0 saturated carbocycles. The van der Waals surface area contributed by atoms with Crippen LogP contribution in [0, 0.1) is 30.5 Å². The fourth-order valence-electron chi connectivity index (χ4n) is 4.68. The number of rotatable bonds is 4. The number of benzene rings is 2. The summed E-state index contributed by atoms with van der Waals surface area (Å²) in [7, 11) is 0. The zero-order chi connectivity index (χ0) is 30.8. The fraction of sp³-hybridized carbons (Fsp3) is 0.290. The molecule has 0 saturated heterocycles. The lowest BCUT2D eigenvalue weighted by atomic mass is 9.93. The minimum atomic E-state index is -0.764. The van der Waals surface area contributed by atoms with Crippen molar-refractivity contribution in [2.45, 2.75) is 45.1 Å². The van der Waals surface area contributed by atoms with Crippen LogP contribution in [0.4, 0.5) is 15.8 Å². The number of halogens is 3. The standard InChI is InChI=1S/C19H15FN2O4.C12H11Cl2NO/c1-2-7-21-15-9-14(13(20)8-16(15)26-10-17(21)23)22-18(24)11-5-3-4-6-12(11)19(22)25;1-4-12(2,3)15-11(16)8-5-9(13)7-10(14)6-8/h1,8-9H,3-7,10H2;1,5-7H,2-3H3,(H,15,16). The van der Waals surface area contributed by atoms with E-state index in [4.69, 9.17) is 40.8 Å². The van der Waals surface area contributed by atoms with E-state index in [-0.39, 0.29) is 42.1 Å². The maximum absolute atomic E-state index is 14.7. The number of carbonyl (C=O) groups excluding carboxylic acids is 4. The molecule has 0 aromatic heterocycles. The molecule has 0 unspecified atom stereocenters. The lowest BCUT2D eigenvalue weighted by Gasteiger charge is -2.29. The van der Waals surface area contributed by atoms with E-state index in [2.05, 4.69) is 17.2 Å². The smallest absolute Gasteiger partial charge is 0.265 e. The highest BCUT2D eigenvalue weighted by Crippen LogP contribution is 2.41. The Hall–Kier alpha value is -4.31. The van der Waals surface area contributed by atoms with Gasteiger partial charge < -0.3 is 10.1 Å². The Bertz CT molecular complexity index is 1570. The number of fused-ring (bicyclic) bond motifs is 1. The molecule has 0 radical (unpaired) electrons. The van der Waals surface area contributed by atoms with Crippen LogP contribution in [0.5, 0.6) is 5.75 Å². The number of nitrogens with one attached hydrogen (secondary N) is 1. The summed E-state index contributed by atoms with van der Waals surface area (Å²) in [6.45, 7) is 3.20. The number of anilines is 2. The number of nitrogens with zero attached hydrogens (tertiary/aromatic N) is 2. The van der Waals surface area contributed by atoms with Gasteiger partial charge in [-0.05, 0) is 63.8 Å². The Morgan fingerprint density at radius 2 is 1.60 bits per heavy atom. The molecule has 0 fully saturated rings. The number of imide groups is 1. The first kappa shape index (κ1) is 30.6. The van der Waals surface area contributed by atoms with Crippen molar-refractivity contribution in [2.24, 2.45) is 0 Å². The van der Waals surface area contributed by atoms with Crippen molar-refractivity contribution < 1.29 is 28.3 Å². The van der Waals surface area contributed by atoms with Gasteiger partial charge in [-0.3, -0.25) is 24.1 Å². The maximum Gasteiger partial charge on any atom is 0.265 e. The summed E-state index contributed by atoms with van der Waals surface area (Å²) in [6.07, 6.45) is 13.3. The molecule has 4 amide bonds. The number of amides is 4. The number of hydrogen-bond donors (Lipinski definition) is 1. The summed E-state index contributed by atoms with van der Waals surface area (Å²) in [5.41, 5.74) is 0.680. The number of terminal acetylenes is 2. The van der Waals surface area contributed by atoms with E-state index in [1.165, 1.54) is 23.1 Å². The Balaban J connectivity index is 0.000000219. The molecule has 3 aliphatic rings. The van der Waals surface area contributed by atoms with Gasteiger partial charge in [0, 0.05) is 32.8 Å². The van der Waals surface area contributed by atoms with Crippen LogP contribution in [0.25, 0.3) is 0 Å². The van der Waals surface area contributed by atoms with Gasteiger partial charge in [0.25, 0.3) is 23.6 Å². The maximum atomic E-state index is 14.7. The van der Waals surface area contributed by atoms with Crippen LogP contribution in [-0.4, -0.2) is 42.3 Å². The second-order valence-electron chi connectivity index (χ2n) is 10.2. The van der Waals surface area contributed by atoms with Crippen LogP contribution in [0.1, 0.15) is 49.9 Å². The van der Waals surface area contributed by atoms with Crippen molar-refractivity contribution >= 4 is 58.2 Å². The molecule has 0 bridgehead atoms. The highest BCUT2D eigenvalue weighted by molar-refractivity contribution is 6.35. The van der Waals surface area contributed by atoms with Crippen molar-refractivity contribution in [2.75, 3.05) is 23.0 Å². The van der Waals surface area contributed by atoms with Crippen molar-refractivity contribution in [1.82, 2.24) is 5.32 Å². The van der Waals surface area contributed by atoms with Crippen molar-refractivity contribution in [3.05, 3.63) is 62.9 Å². The monoisotopic (exact) mass is 609 g/mol. The van der Waals surface area contributed by atoms with Gasteiger partial charge in [0.1, 0.15) is 5.75 Å². The predicted octanol–water partition coefficient (Wildman–Crippen LogP) is 5.06. The number of hydrogen-bond acceptors (Lipinski definition) is 5. The van der Waals surface area contributed by atoms with Crippen LogP contribution < -0.4 is 19.9 Å². The highest BCUT2D eigenvalue weighted by atomic mass is 35.5. The zero-order valence-corrected chi connectivity index (χ0v) is 24.4. The van der Waals surface area contributed by atoms with Crippen molar-refractivity contribution in [1.29, 1.82) is 0 Å². The first-order chi connectivity index (χ1) is 19.9. The van der Waals surface area contributed by atoms with E-state index in [9.17, 15) is 23.6 Å². The molecule has 1 N–H and O–H groups in total. The molecule has 0 atom stereocenters. The van der Waals surface area contributed by atoms with E-state index in [0.717, 1.165) is 23.8 Å². The van der Waals surface area contributed by atoms with E-state index in [0.29, 0.717) is 39.6 Å². The molecular formula is C31H26Cl2FN3O5. The van der Waals surface area contributed by atoms with Crippen molar-refractivity contribution in [3.8, 4) is 30.4 Å². The summed E-state index contributed by atoms with van der Waals surface area (Å²) < 4.78 is 19.9. The molecule has 5 rings (SSSR count). The molecule has 2 heterocycles. The summed E-state index contributed by atoms with van der Waals surface area (Å²) in [5.74, 6) is 2.58. The molecule has 11 heteroatoms. The van der Waals surface area contributed by atoms with Gasteiger partial charge in [0.2, 0.25) is 0 Å². The Morgan fingerprint density at radius 3 is 2.14 bits per heavy atom. The summed E-state index contributed by atoms with van der Waals surface area (Å²) in [4.78, 5) is 51.3. The Kier molecular flexibility index (Phi) is 8.96. The van der Waals surface area contributed by atoms with Gasteiger partial charge in [0.15, 0.2) is 12.4 Å². The molecule has 2 aliphatic heterocycles. The van der Waals surface area contributed by atoms with E-state index in [1.54, 1.807) is 19.9 Å². The topological polar surface area (TPSA) is 96.0 Å². The third kappa shape index (κ3) is 6.28. The van der Waals surface area contributed by atoms with Crippen LogP contribution in [0.3, 0.4) is 0 Å². The lowest BCUT2D eigenvalue weighted by Crippen LogP contribution is -2.42. The summed E-state index contributed by atoms with van der Waals surface area (Å²) in [5, 5.41) is 3.51. The molecule has 2 aromatic carbocycles. The van der Waals surface area contributed by atoms with Crippen LogP contribution in [-0.2, 0) is 14.4 Å². The normalized spacial score (nSPS) is 16.0. The molecule has 216 valence electrons. The fourth-order valence-corrected chi connectivity index (χ4v) is 5.21. The molecule has 1 aliphatic carbocycles. The van der Waals surface area contributed by atoms with Gasteiger partial charge in [-0.25, -0.2) is 9.29 Å². The average Bonchev–Trinajstić information content (AvgIpc) is 3.19. The molecular weight excluding hydrogens is 584 g/mol. The third-order valence-corrected chi connectivity index (χ3v) is 7.20. The summed E-state index contributed by atoms with van der Waals surface area (Å²) >= 11 is 11.6. The van der Waals surface area contributed by atoms with Gasteiger partial charge in [0.05, 0.1) is 23.5 Å². The number of ether oxygens (including phenoxy) is 1. The predicted molar refractivity (Wildman–Crippen MR) is 158 cm³/mol. The van der Waals surface area contributed by atoms with E-state index < -0.39 is 23.2 Å². The second-order valence-corrected chi connectivity index (χ2v) is 11.1. The third-order valence-electron chi connectivity index (χ3n) is 6.76. The van der Waals surface area contributed by atoms with Gasteiger partial charge in [-0.1, -0.05) is 35.0 Å². The largest absolute Gasteiger partial charge is 0.481 e. The highest BCUT2D eigenvalue weighted by Gasteiger charge is 2.41. The van der Waals surface area contributed by atoms with Gasteiger partial charge in [-0.15, -0.1) is 12.8 Å². The van der Waals surface area contributed by atoms with E-state index >= 15 is 0 Å². The van der Waals surface area contributed by atoms with Crippen LogP contribution >= 0.6 is 23.2 Å². The molecule has 0 spiro atoms. The average molecular weight is 610 g/mol. The quantitative estimate of drug-likeness (QED) is 0.386. The lowest BCUT2D eigenvalue weighted by molar-refractivity contribution is -0.121. The Morgan fingerprint density at radius 1 is 1.00 bits per heavy atom. The Labute approximate surface area is 252 Å². The number of carbonyl (C=O) groups is 4. The SMILES string of the molecule is C#CC(C)(C)NC(=O)c1cc(Cl)cc(Cl)c1.C#CCN1C(=O)COc2cc(F)c(N3C(=O)C4=C(CCCC4)C3=O)cc21. The first-order valence-corrected chi connectivity index (χ1v) is 13.7. The molecule has 2 aromatic rings. The van der Waals surface area contributed by atoms with Crippen LogP contribution in [0.2, 0.25) is 10.0 Å². The van der Waals surface area contributed by atoms with Gasteiger partial charge >= 0.3 is 0 Å².